The molecule has 130 valence electrons. The molecule has 1 N–H and O–H groups in total. The lowest BCUT2D eigenvalue weighted by Gasteiger charge is -2.07. The Morgan fingerprint density at radius 3 is 2.62 bits per heavy atom. The number of carbonyl (C=O) groups excluding carboxylic acids is 1. The van der Waals surface area contributed by atoms with E-state index in [-0.39, 0.29) is 5.69 Å². The van der Waals surface area contributed by atoms with Gasteiger partial charge in [-0.2, -0.15) is 0 Å². The number of nitro benzene ring substituents is 1. The van der Waals surface area contributed by atoms with Gasteiger partial charge in [-0.1, -0.05) is 28.1 Å². The van der Waals surface area contributed by atoms with Crippen molar-refractivity contribution >= 4 is 33.2 Å². The molecular formula is C18H12BrN3O4. The summed E-state index contributed by atoms with van der Waals surface area (Å²) in [6.07, 6.45) is 1.38. The maximum absolute atomic E-state index is 12.2. The first-order chi connectivity index (χ1) is 12.5. The number of hydrogen-bond donors (Lipinski definition) is 1. The number of nitro groups is 1. The van der Waals surface area contributed by atoms with Gasteiger partial charge in [-0.3, -0.25) is 14.9 Å². The van der Waals surface area contributed by atoms with Gasteiger partial charge in [0.1, 0.15) is 5.75 Å². The zero-order chi connectivity index (χ0) is 18.5. The molecule has 0 aliphatic heterocycles. The van der Waals surface area contributed by atoms with Gasteiger partial charge in [-0.05, 0) is 30.3 Å². The monoisotopic (exact) mass is 413 g/mol. The van der Waals surface area contributed by atoms with Gasteiger partial charge in [0, 0.05) is 34.6 Å². The predicted octanol–water partition coefficient (Wildman–Crippen LogP) is 4.80. The van der Waals surface area contributed by atoms with Crippen LogP contribution in [-0.2, 0) is 0 Å². The Balaban J connectivity index is 1.69. The second-order valence-corrected chi connectivity index (χ2v) is 6.12. The van der Waals surface area contributed by atoms with Crippen molar-refractivity contribution in [3.63, 3.8) is 0 Å². The van der Waals surface area contributed by atoms with Gasteiger partial charge in [0.25, 0.3) is 11.6 Å². The highest BCUT2D eigenvalue weighted by atomic mass is 79.9. The minimum Gasteiger partial charge on any atom is -0.439 e. The Morgan fingerprint density at radius 1 is 1.12 bits per heavy atom. The van der Waals surface area contributed by atoms with Crippen LogP contribution in [0.4, 0.5) is 11.4 Å². The summed E-state index contributed by atoms with van der Waals surface area (Å²) in [5, 5.41) is 13.4. The fourth-order valence-corrected chi connectivity index (χ4v) is 2.50. The number of anilines is 1. The summed E-state index contributed by atoms with van der Waals surface area (Å²) < 4.78 is 6.48. The van der Waals surface area contributed by atoms with Gasteiger partial charge in [-0.15, -0.1) is 0 Å². The van der Waals surface area contributed by atoms with Crippen molar-refractivity contribution in [2.24, 2.45) is 0 Å². The highest BCUT2D eigenvalue weighted by Crippen LogP contribution is 2.23. The Hall–Kier alpha value is -3.26. The molecule has 0 bridgehead atoms. The van der Waals surface area contributed by atoms with E-state index in [4.69, 9.17) is 4.74 Å². The smallest absolute Gasteiger partial charge is 0.271 e. The minimum absolute atomic E-state index is 0.0984. The molecule has 1 heterocycles. The normalized spacial score (nSPS) is 10.2. The molecule has 0 spiro atoms. The first-order valence-electron chi connectivity index (χ1n) is 7.46. The van der Waals surface area contributed by atoms with Crippen LogP contribution in [0.25, 0.3) is 0 Å². The summed E-state index contributed by atoms with van der Waals surface area (Å²) in [5.41, 5.74) is 0.537. The van der Waals surface area contributed by atoms with Crippen LogP contribution < -0.4 is 10.1 Å². The zero-order valence-electron chi connectivity index (χ0n) is 13.3. The molecule has 3 rings (SSSR count). The number of amides is 1. The third-order valence-electron chi connectivity index (χ3n) is 3.33. The number of pyridine rings is 1. The molecule has 0 unspecified atom stereocenters. The van der Waals surface area contributed by atoms with E-state index in [0.29, 0.717) is 22.9 Å². The quantitative estimate of drug-likeness (QED) is 0.478. The van der Waals surface area contributed by atoms with Crippen molar-refractivity contribution in [3.05, 3.63) is 87.0 Å². The number of halogens is 1. The van der Waals surface area contributed by atoms with Crippen LogP contribution >= 0.6 is 15.9 Å². The molecule has 7 nitrogen and oxygen atoms in total. The van der Waals surface area contributed by atoms with E-state index in [0.717, 1.165) is 4.47 Å². The maximum atomic E-state index is 12.2. The fourth-order valence-electron chi connectivity index (χ4n) is 2.13. The lowest BCUT2D eigenvalue weighted by molar-refractivity contribution is -0.384. The molecule has 1 aromatic heterocycles. The molecule has 0 saturated carbocycles. The predicted molar refractivity (Wildman–Crippen MR) is 99.5 cm³/mol. The highest BCUT2D eigenvalue weighted by molar-refractivity contribution is 9.10. The van der Waals surface area contributed by atoms with E-state index in [2.05, 4.69) is 26.2 Å². The van der Waals surface area contributed by atoms with Crippen LogP contribution in [0.15, 0.2) is 71.3 Å². The van der Waals surface area contributed by atoms with Crippen LogP contribution in [0.1, 0.15) is 10.4 Å². The lowest BCUT2D eigenvalue weighted by atomic mass is 10.2. The molecule has 26 heavy (non-hydrogen) atoms. The Bertz CT molecular complexity index is 961. The number of ether oxygens (including phenoxy) is 1. The number of benzene rings is 2. The molecule has 0 saturated heterocycles. The number of hydrogen-bond acceptors (Lipinski definition) is 5. The number of rotatable bonds is 5. The SMILES string of the molecule is O=C(Nc1cccc([N+](=O)[O-])c1)c1ccc(Oc2cccc(Br)c2)nc1. The van der Waals surface area contributed by atoms with Crippen molar-refractivity contribution in [2.45, 2.75) is 0 Å². The van der Waals surface area contributed by atoms with E-state index >= 15 is 0 Å². The first kappa shape index (κ1) is 17.6. The summed E-state index contributed by atoms with van der Waals surface area (Å²) >= 11 is 3.36. The van der Waals surface area contributed by atoms with Gasteiger partial charge >= 0.3 is 0 Å². The number of nitrogens with zero attached hydrogens (tertiary/aromatic N) is 2. The van der Waals surface area contributed by atoms with Crippen molar-refractivity contribution in [1.82, 2.24) is 4.98 Å². The van der Waals surface area contributed by atoms with Crippen LogP contribution in [0.5, 0.6) is 11.6 Å². The average Bonchev–Trinajstić information content (AvgIpc) is 2.62. The molecule has 1 amide bonds. The Labute approximate surface area is 156 Å². The second-order valence-electron chi connectivity index (χ2n) is 5.21. The van der Waals surface area contributed by atoms with E-state index in [1.54, 1.807) is 30.3 Å². The summed E-state index contributed by atoms with van der Waals surface area (Å²) in [4.78, 5) is 26.6. The molecule has 0 aliphatic carbocycles. The highest BCUT2D eigenvalue weighted by Gasteiger charge is 2.10. The van der Waals surface area contributed by atoms with Gasteiger partial charge in [0.05, 0.1) is 10.5 Å². The van der Waals surface area contributed by atoms with Crippen LogP contribution in [0.2, 0.25) is 0 Å². The Morgan fingerprint density at radius 2 is 1.92 bits per heavy atom. The maximum Gasteiger partial charge on any atom is 0.271 e. The summed E-state index contributed by atoms with van der Waals surface area (Å²) in [5.74, 6) is 0.530. The largest absolute Gasteiger partial charge is 0.439 e. The molecular weight excluding hydrogens is 402 g/mol. The molecule has 3 aromatic rings. The number of carbonyl (C=O) groups is 1. The molecule has 0 aliphatic rings. The molecule has 0 atom stereocenters. The lowest BCUT2D eigenvalue weighted by Crippen LogP contribution is -2.12. The standard InChI is InChI=1S/C18H12BrN3O4/c19-13-3-1-6-16(9-13)26-17-8-7-12(11-20-17)18(23)21-14-4-2-5-15(10-14)22(24)25/h1-11H,(H,21,23). The molecule has 0 radical (unpaired) electrons. The third kappa shape index (κ3) is 4.42. The van der Waals surface area contributed by atoms with Gasteiger partial charge in [0.2, 0.25) is 5.88 Å². The van der Waals surface area contributed by atoms with E-state index in [1.165, 1.54) is 24.4 Å². The first-order valence-corrected chi connectivity index (χ1v) is 8.26. The van der Waals surface area contributed by atoms with Crippen molar-refractivity contribution in [1.29, 1.82) is 0 Å². The summed E-state index contributed by atoms with van der Waals surface area (Å²) in [7, 11) is 0. The van der Waals surface area contributed by atoms with Crippen LogP contribution in [0, 0.1) is 10.1 Å². The van der Waals surface area contributed by atoms with Gasteiger partial charge in [0.15, 0.2) is 0 Å². The Kier molecular flexibility index (Phi) is 5.23. The van der Waals surface area contributed by atoms with E-state index < -0.39 is 10.8 Å². The second kappa shape index (κ2) is 7.75. The van der Waals surface area contributed by atoms with Crippen molar-refractivity contribution < 1.29 is 14.5 Å². The van der Waals surface area contributed by atoms with E-state index in [1.807, 2.05) is 12.1 Å². The van der Waals surface area contributed by atoms with Gasteiger partial charge in [-0.25, -0.2) is 4.98 Å². The van der Waals surface area contributed by atoms with Crippen molar-refractivity contribution in [3.8, 4) is 11.6 Å². The van der Waals surface area contributed by atoms with Crippen LogP contribution in [0.3, 0.4) is 0 Å². The van der Waals surface area contributed by atoms with Crippen molar-refractivity contribution in [2.75, 3.05) is 5.32 Å². The fraction of sp³-hybridized carbons (Fsp3) is 0. The number of non-ortho nitro benzene ring substituents is 1. The summed E-state index contributed by atoms with van der Waals surface area (Å²) in [6, 6.07) is 16.1. The zero-order valence-corrected chi connectivity index (χ0v) is 14.8. The molecule has 0 fully saturated rings. The average molecular weight is 414 g/mol. The van der Waals surface area contributed by atoms with E-state index in [9.17, 15) is 14.9 Å². The minimum atomic E-state index is -0.523. The van der Waals surface area contributed by atoms with Crippen LogP contribution in [-0.4, -0.2) is 15.8 Å². The molecule has 2 aromatic carbocycles. The molecule has 8 heteroatoms. The third-order valence-corrected chi connectivity index (χ3v) is 3.83. The topological polar surface area (TPSA) is 94.4 Å². The summed E-state index contributed by atoms with van der Waals surface area (Å²) in [6.45, 7) is 0. The van der Waals surface area contributed by atoms with Gasteiger partial charge < -0.3 is 10.1 Å². The number of aromatic nitrogens is 1. The number of nitrogens with one attached hydrogen (secondary N) is 1.